The van der Waals surface area contributed by atoms with Gasteiger partial charge in [-0.3, -0.25) is 4.79 Å². The molecule has 2 N–H and O–H groups in total. The van der Waals surface area contributed by atoms with Gasteiger partial charge in [0.2, 0.25) is 5.95 Å². The van der Waals surface area contributed by atoms with Crippen LogP contribution < -0.4 is 10.6 Å². The molecule has 0 spiro atoms. The topological polar surface area (TPSA) is 70.2 Å². The van der Waals surface area contributed by atoms with Crippen molar-refractivity contribution in [3.05, 3.63) is 47.8 Å². The zero-order chi connectivity index (χ0) is 17.5. The number of nitrogens with zero attached hydrogens (tertiary/aromatic N) is 3. The molecule has 0 aliphatic rings. The van der Waals surface area contributed by atoms with Crippen molar-refractivity contribution in [1.82, 2.24) is 20.2 Å². The van der Waals surface area contributed by atoms with Gasteiger partial charge in [-0.25, -0.2) is 9.97 Å². The molecule has 1 aromatic carbocycles. The molecule has 0 saturated heterocycles. The van der Waals surface area contributed by atoms with Gasteiger partial charge in [0, 0.05) is 25.0 Å². The van der Waals surface area contributed by atoms with Crippen molar-refractivity contribution in [3.8, 4) is 0 Å². The predicted octanol–water partition coefficient (Wildman–Crippen LogP) is 2.64. The van der Waals surface area contributed by atoms with Crippen molar-refractivity contribution in [2.45, 2.75) is 19.8 Å². The first-order valence-electron chi connectivity index (χ1n) is 8.08. The summed E-state index contributed by atoms with van der Waals surface area (Å²) < 4.78 is 0. The van der Waals surface area contributed by atoms with Crippen LogP contribution in [0.1, 0.15) is 35.8 Å². The summed E-state index contributed by atoms with van der Waals surface area (Å²) in [5.74, 6) is 0.703. The van der Waals surface area contributed by atoms with E-state index in [2.05, 4.69) is 46.6 Å². The van der Waals surface area contributed by atoms with Crippen LogP contribution in [-0.4, -0.2) is 48.0 Å². The van der Waals surface area contributed by atoms with Gasteiger partial charge in [0.25, 0.3) is 5.91 Å². The molecule has 1 heterocycles. The lowest BCUT2D eigenvalue weighted by atomic mass is 10.0. The van der Waals surface area contributed by atoms with E-state index in [0.29, 0.717) is 24.1 Å². The van der Waals surface area contributed by atoms with Crippen molar-refractivity contribution >= 4 is 17.5 Å². The second kappa shape index (κ2) is 8.40. The van der Waals surface area contributed by atoms with Crippen molar-refractivity contribution in [3.63, 3.8) is 0 Å². The largest absolute Gasteiger partial charge is 0.349 e. The van der Waals surface area contributed by atoms with Crippen molar-refractivity contribution < 1.29 is 4.79 Å². The molecule has 0 fully saturated rings. The summed E-state index contributed by atoms with van der Waals surface area (Å²) in [7, 11) is 3.92. The summed E-state index contributed by atoms with van der Waals surface area (Å²) in [6.07, 6.45) is 1.58. The maximum Gasteiger partial charge on any atom is 0.270 e. The summed E-state index contributed by atoms with van der Waals surface area (Å²) in [5, 5.41) is 5.97. The Hall–Kier alpha value is -2.47. The third-order valence-electron chi connectivity index (χ3n) is 3.57. The third kappa shape index (κ3) is 5.31. The highest BCUT2D eigenvalue weighted by Gasteiger charge is 2.09. The molecule has 0 bridgehead atoms. The molecule has 128 valence electrons. The summed E-state index contributed by atoms with van der Waals surface area (Å²) >= 11 is 0. The van der Waals surface area contributed by atoms with Crippen molar-refractivity contribution in [2.24, 2.45) is 0 Å². The summed E-state index contributed by atoms with van der Waals surface area (Å²) in [5.41, 5.74) is 2.52. The normalized spacial score (nSPS) is 10.9. The number of rotatable bonds is 7. The Morgan fingerprint density at radius 2 is 1.88 bits per heavy atom. The molecule has 24 heavy (non-hydrogen) atoms. The van der Waals surface area contributed by atoms with E-state index in [1.165, 1.54) is 5.56 Å². The summed E-state index contributed by atoms with van der Waals surface area (Å²) in [6, 6.07) is 9.73. The van der Waals surface area contributed by atoms with Crippen LogP contribution in [0.5, 0.6) is 0 Å². The van der Waals surface area contributed by atoms with Crippen molar-refractivity contribution in [2.75, 3.05) is 32.5 Å². The zero-order valence-corrected chi connectivity index (χ0v) is 14.7. The van der Waals surface area contributed by atoms with E-state index in [9.17, 15) is 4.79 Å². The molecule has 1 amide bonds. The Balaban J connectivity index is 2.00. The number of nitrogens with one attached hydrogen (secondary N) is 2. The van der Waals surface area contributed by atoms with Crippen LogP contribution in [0.15, 0.2) is 36.5 Å². The van der Waals surface area contributed by atoms with Gasteiger partial charge in [0.15, 0.2) is 0 Å². The maximum absolute atomic E-state index is 12.1. The summed E-state index contributed by atoms with van der Waals surface area (Å²) in [4.78, 5) is 22.6. The van der Waals surface area contributed by atoms with Gasteiger partial charge in [-0.2, -0.15) is 0 Å². The first kappa shape index (κ1) is 17.9. The van der Waals surface area contributed by atoms with Crippen LogP contribution in [0.3, 0.4) is 0 Å². The standard InChI is InChI=1S/C18H25N5O/c1-13(2)14-5-7-15(8-6-14)21-18-20-10-9-16(22-18)17(24)19-11-12-23(3)4/h5-10,13H,11-12H2,1-4H3,(H,19,24)(H,20,21,22). The van der Waals surface area contributed by atoms with Crippen LogP contribution in [-0.2, 0) is 0 Å². The minimum absolute atomic E-state index is 0.197. The predicted molar refractivity (Wildman–Crippen MR) is 96.7 cm³/mol. The molecule has 0 radical (unpaired) electrons. The molecule has 1 aromatic heterocycles. The van der Waals surface area contributed by atoms with E-state index < -0.39 is 0 Å². The number of amides is 1. The molecule has 0 unspecified atom stereocenters. The number of carbonyl (C=O) groups is 1. The Morgan fingerprint density at radius 1 is 1.17 bits per heavy atom. The molecule has 0 atom stereocenters. The average Bonchev–Trinajstić information content (AvgIpc) is 2.55. The van der Waals surface area contributed by atoms with E-state index in [-0.39, 0.29) is 5.91 Å². The number of anilines is 2. The van der Waals surface area contributed by atoms with E-state index >= 15 is 0 Å². The first-order valence-corrected chi connectivity index (χ1v) is 8.08. The van der Waals surface area contributed by atoms with Crippen LogP contribution >= 0.6 is 0 Å². The Labute approximate surface area is 143 Å². The minimum atomic E-state index is -0.197. The Bertz CT molecular complexity index is 667. The molecule has 6 heteroatoms. The molecule has 2 aromatic rings. The molecule has 0 saturated carbocycles. The van der Waals surface area contributed by atoms with E-state index in [1.54, 1.807) is 12.3 Å². The monoisotopic (exact) mass is 327 g/mol. The van der Waals surface area contributed by atoms with Gasteiger partial charge in [0.1, 0.15) is 5.69 Å². The minimum Gasteiger partial charge on any atom is -0.349 e. The molecule has 6 nitrogen and oxygen atoms in total. The fourth-order valence-corrected chi connectivity index (χ4v) is 2.11. The van der Waals surface area contributed by atoms with Gasteiger partial charge in [-0.05, 0) is 43.8 Å². The number of hydrogen-bond acceptors (Lipinski definition) is 5. The van der Waals surface area contributed by atoms with Crippen LogP contribution in [0.4, 0.5) is 11.6 Å². The molecule has 0 aliphatic heterocycles. The lowest BCUT2D eigenvalue weighted by Crippen LogP contribution is -2.31. The molecule has 0 aliphatic carbocycles. The quantitative estimate of drug-likeness (QED) is 0.818. The second-order valence-electron chi connectivity index (χ2n) is 6.23. The maximum atomic E-state index is 12.1. The molecular formula is C18H25N5O. The SMILES string of the molecule is CC(C)c1ccc(Nc2nccc(C(=O)NCCN(C)C)n2)cc1. The number of aromatic nitrogens is 2. The van der Waals surface area contributed by atoms with Crippen molar-refractivity contribution in [1.29, 1.82) is 0 Å². The van der Waals surface area contributed by atoms with E-state index in [0.717, 1.165) is 12.2 Å². The third-order valence-corrected chi connectivity index (χ3v) is 3.57. The smallest absolute Gasteiger partial charge is 0.270 e. The number of carbonyl (C=O) groups excluding carboxylic acids is 1. The Morgan fingerprint density at radius 3 is 2.50 bits per heavy atom. The van der Waals surface area contributed by atoms with Gasteiger partial charge in [-0.1, -0.05) is 26.0 Å². The summed E-state index contributed by atoms with van der Waals surface area (Å²) in [6.45, 7) is 5.67. The Kier molecular flexibility index (Phi) is 6.26. The van der Waals surface area contributed by atoms with Gasteiger partial charge in [-0.15, -0.1) is 0 Å². The zero-order valence-electron chi connectivity index (χ0n) is 14.7. The first-order chi connectivity index (χ1) is 11.5. The van der Waals surface area contributed by atoms with E-state index in [4.69, 9.17) is 0 Å². The van der Waals surface area contributed by atoms with Crippen LogP contribution in [0, 0.1) is 0 Å². The second-order valence-corrected chi connectivity index (χ2v) is 6.23. The number of hydrogen-bond donors (Lipinski definition) is 2. The van der Waals surface area contributed by atoms with Crippen LogP contribution in [0.2, 0.25) is 0 Å². The molecular weight excluding hydrogens is 302 g/mol. The van der Waals surface area contributed by atoms with Gasteiger partial charge < -0.3 is 15.5 Å². The number of benzene rings is 1. The number of likely N-dealkylation sites (N-methyl/N-ethyl adjacent to an activating group) is 1. The van der Waals surface area contributed by atoms with Gasteiger partial charge >= 0.3 is 0 Å². The lowest BCUT2D eigenvalue weighted by molar-refractivity contribution is 0.0946. The average molecular weight is 327 g/mol. The molecule has 2 rings (SSSR count). The van der Waals surface area contributed by atoms with Crippen LogP contribution in [0.25, 0.3) is 0 Å². The highest BCUT2D eigenvalue weighted by molar-refractivity contribution is 5.92. The van der Waals surface area contributed by atoms with E-state index in [1.807, 2.05) is 31.1 Å². The highest BCUT2D eigenvalue weighted by Crippen LogP contribution is 2.19. The van der Waals surface area contributed by atoms with Gasteiger partial charge in [0.05, 0.1) is 0 Å². The fraction of sp³-hybridized carbons (Fsp3) is 0.389. The highest BCUT2D eigenvalue weighted by atomic mass is 16.1. The lowest BCUT2D eigenvalue weighted by Gasteiger charge is -2.11. The fourth-order valence-electron chi connectivity index (χ4n) is 2.11.